The third-order valence-corrected chi connectivity index (χ3v) is 6.61. The van der Waals surface area contributed by atoms with Crippen molar-refractivity contribution in [1.29, 1.82) is 0 Å². The van der Waals surface area contributed by atoms with Gasteiger partial charge < -0.3 is 10.1 Å². The number of thiazole rings is 1. The highest BCUT2D eigenvalue weighted by Gasteiger charge is 2.32. The minimum atomic E-state index is -0.530. The molecule has 6 heteroatoms. The van der Waals surface area contributed by atoms with E-state index in [4.69, 9.17) is 9.72 Å². The summed E-state index contributed by atoms with van der Waals surface area (Å²) in [6.07, 6.45) is 0.292. The van der Waals surface area contributed by atoms with Crippen molar-refractivity contribution in [1.82, 2.24) is 10.3 Å². The number of fused-ring (bicyclic) bond motifs is 1. The summed E-state index contributed by atoms with van der Waals surface area (Å²) in [6, 6.07) is 23.1. The number of carbonyl (C=O) groups is 2. The topological polar surface area (TPSA) is 68.3 Å². The molecule has 3 aromatic carbocycles. The molecule has 34 heavy (non-hydrogen) atoms. The molecule has 0 saturated heterocycles. The van der Waals surface area contributed by atoms with Crippen molar-refractivity contribution in [2.24, 2.45) is 0 Å². The van der Waals surface area contributed by atoms with Crippen molar-refractivity contribution in [3.05, 3.63) is 94.9 Å². The van der Waals surface area contributed by atoms with E-state index in [2.05, 4.69) is 10.7 Å². The fraction of sp³-hybridized carbons (Fsp3) is 0.179. The van der Waals surface area contributed by atoms with Gasteiger partial charge in [-0.1, -0.05) is 48.5 Å². The number of hydrogen-bond donors (Lipinski definition) is 1. The first-order valence-electron chi connectivity index (χ1n) is 11.1. The number of ketones is 1. The molecule has 1 aliphatic rings. The third kappa shape index (κ3) is 4.63. The number of aromatic nitrogens is 1. The quantitative estimate of drug-likeness (QED) is 0.381. The molecule has 0 unspecified atom stereocenters. The Morgan fingerprint density at radius 3 is 2.65 bits per heavy atom. The minimum Gasteiger partial charge on any atom is -0.487 e. The van der Waals surface area contributed by atoms with Crippen LogP contribution in [-0.4, -0.2) is 22.3 Å². The molecular formula is C28H24N2O3S. The number of amides is 1. The standard InChI is InChI=1S/C28H24N2O3S/c1-28(2)15-24(31)22-14-20(11-12-25(22)33-28)26(32)29-16-18-7-6-10-21(13-18)27-30-23(17-34-27)19-8-4-3-5-9-19/h3-14,17H,15-16H2,1-2H3,(H,29,32). The van der Waals surface area contributed by atoms with Crippen LogP contribution in [0.1, 0.15) is 46.5 Å². The van der Waals surface area contributed by atoms with Gasteiger partial charge in [0.05, 0.1) is 17.7 Å². The molecular weight excluding hydrogens is 444 g/mol. The summed E-state index contributed by atoms with van der Waals surface area (Å²) >= 11 is 1.60. The van der Waals surface area contributed by atoms with Crippen LogP contribution in [0, 0.1) is 0 Å². The monoisotopic (exact) mass is 468 g/mol. The number of nitrogens with one attached hydrogen (secondary N) is 1. The Kier molecular flexibility index (Phi) is 5.75. The second-order valence-electron chi connectivity index (χ2n) is 8.96. The zero-order valence-corrected chi connectivity index (χ0v) is 19.8. The molecule has 2 heterocycles. The lowest BCUT2D eigenvalue weighted by Gasteiger charge is -2.31. The molecule has 4 aromatic rings. The van der Waals surface area contributed by atoms with Crippen LogP contribution in [0.5, 0.6) is 5.75 Å². The van der Waals surface area contributed by atoms with E-state index in [1.165, 1.54) is 0 Å². The molecule has 0 radical (unpaired) electrons. The summed E-state index contributed by atoms with van der Waals surface area (Å²) in [4.78, 5) is 30.1. The fourth-order valence-electron chi connectivity index (χ4n) is 4.04. The fourth-order valence-corrected chi connectivity index (χ4v) is 4.87. The number of carbonyl (C=O) groups excluding carboxylic acids is 2. The Bertz CT molecular complexity index is 1380. The van der Waals surface area contributed by atoms with E-state index in [-0.39, 0.29) is 11.7 Å². The second-order valence-corrected chi connectivity index (χ2v) is 9.82. The molecule has 5 nitrogen and oxygen atoms in total. The second kappa shape index (κ2) is 8.88. The van der Waals surface area contributed by atoms with Crippen LogP contribution in [0.4, 0.5) is 0 Å². The summed E-state index contributed by atoms with van der Waals surface area (Å²) < 4.78 is 5.88. The molecule has 170 valence electrons. The van der Waals surface area contributed by atoms with Gasteiger partial charge >= 0.3 is 0 Å². The summed E-state index contributed by atoms with van der Waals surface area (Å²) in [6.45, 7) is 4.14. The molecule has 0 spiro atoms. The van der Waals surface area contributed by atoms with Gasteiger partial charge in [0.25, 0.3) is 5.91 Å². The average Bonchev–Trinajstić information content (AvgIpc) is 3.33. The van der Waals surface area contributed by atoms with E-state index < -0.39 is 5.60 Å². The number of nitrogens with zero attached hydrogens (tertiary/aromatic N) is 1. The zero-order chi connectivity index (χ0) is 23.7. The summed E-state index contributed by atoms with van der Waals surface area (Å²) in [5.74, 6) is 0.294. The van der Waals surface area contributed by atoms with Gasteiger partial charge in [0.15, 0.2) is 5.78 Å². The van der Waals surface area contributed by atoms with Crippen LogP contribution in [0.3, 0.4) is 0 Å². The van der Waals surface area contributed by atoms with Gasteiger partial charge in [-0.05, 0) is 43.7 Å². The predicted molar refractivity (Wildman–Crippen MR) is 134 cm³/mol. The Morgan fingerprint density at radius 2 is 1.82 bits per heavy atom. The Morgan fingerprint density at radius 1 is 1.03 bits per heavy atom. The lowest BCUT2D eigenvalue weighted by Crippen LogP contribution is -2.36. The number of hydrogen-bond acceptors (Lipinski definition) is 5. The average molecular weight is 469 g/mol. The van der Waals surface area contributed by atoms with Gasteiger partial charge in [-0.15, -0.1) is 11.3 Å². The van der Waals surface area contributed by atoms with E-state index in [1.807, 2.05) is 68.4 Å². The maximum atomic E-state index is 12.8. The number of rotatable bonds is 5. The lowest BCUT2D eigenvalue weighted by molar-refractivity contribution is 0.0620. The summed E-state index contributed by atoms with van der Waals surface area (Å²) in [5, 5.41) is 5.95. The summed E-state index contributed by atoms with van der Waals surface area (Å²) in [5.41, 5.74) is 4.41. The van der Waals surface area contributed by atoms with Crippen LogP contribution < -0.4 is 10.1 Å². The van der Waals surface area contributed by atoms with Crippen molar-refractivity contribution >= 4 is 23.0 Å². The molecule has 1 amide bonds. The molecule has 0 aliphatic carbocycles. The predicted octanol–water partition coefficient (Wildman–Crippen LogP) is 6.15. The third-order valence-electron chi connectivity index (χ3n) is 5.72. The molecule has 1 aromatic heterocycles. The van der Waals surface area contributed by atoms with E-state index in [9.17, 15) is 9.59 Å². The maximum Gasteiger partial charge on any atom is 0.251 e. The van der Waals surface area contributed by atoms with Crippen molar-refractivity contribution in [2.75, 3.05) is 0 Å². The van der Waals surface area contributed by atoms with Gasteiger partial charge in [0.2, 0.25) is 0 Å². The molecule has 0 fully saturated rings. The largest absolute Gasteiger partial charge is 0.487 e. The van der Waals surface area contributed by atoms with Crippen molar-refractivity contribution < 1.29 is 14.3 Å². The van der Waals surface area contributed by atoms with E-state index in [0.29, 0.717) is 29.8 Å². The van der Waals surface area contributed by atoms with Crippen molar-refractivity contribution in [2.45, 2.75) is 32.4 Å². The minimum absolute atomic E-state index is 0.00748. The highest BCUT2D eigenvalue weighted by Crippen LogP contribution is 2.33. The normalized spacial score (nSPS) is 14.2. The molecule has 1 N–H and O–H groups in total. The molecule has 0 saturated carbocycles. The molecule has 1 aliphatic heterocycles. The first-order valence-corrected chi connectivity index (χ1v) is 12.0. The lowest BCUT2D eigenvalue weighted by atomic mass is 9.92. The molecule has 5 rings (SSSR count). The number of benzene rings is 3. The van der Waals surface area contributed by atoms with Gasteiger partial charge in [-0.25, -0.2) is 4.98 Å². The van der Waals surface area contributed by atoms with Crippen LogP contribution in [0.2, 0.25) is 0 Å². The molecule has 0 atom stereocenters. The SMILES string of the molecule is CC1(C)CC(=O)c2cc(C(=O)NCc3cccc(-c4nc(-c5ccccc5)cs4)c3)ccc2O1. The number of ether oxygens (including phenoxy) is 1. The van der Waals surface area contributed by atoms with Gasteiger partial charge in [0, 0.05) is 28.6 Å². The summed E-state index contributed by atoms with van der Waals surface area (Å²) in [7, 11) is 0. The van der Waals surface area contributed by atoms with E-state index in [1.54, 1.807) is 29.5 Å². The van der Waals surface area contributed by atoms with Gasteiger partial charge in [-0.3, -0.25) is 9.59 Å². The Hall–Kier alpha value is -3.77. The number of Topliss-reactive ketones (excluding diaryl/α,β-unsaturated/α-hetero) is 1. The van der Waals surface area contributed by atoms with E-state index in [0.717, 1.165) is 27.4 Å². The van der Waals surface area contributed by atoms with Crippen LogP contribution in [-0.2, 0) is 6.54 Å². The van der Waals surface area contributed by atoms with Crippen LogP contribution >= 0.6 is 11.3 Å². The highest BCUT2D eigenvalue weighted by atomic mass is 32.1. The van der Waals surface area contributed by atoms with Crippen LogP contribution in [0.25, 0.3) is 21.8 Å². The van der Waals surface area contributed by atoms with E-state index >= 15 is 0 Å². The van der Waals surface area contributed by atoms with Gasteiger partial charge in [-0.2, -0.15) is 0 Å². The smallest absolute Gasteiger partial charge is 0.251 e. The maximum absolute atomic E-state index is 12.8. The zero-order valence-electron chi connectivity index (χ0n) is 19.0. The van der Waals surface area contributed by atoms with Crippen molar-refractivity contribution in [3.63, 3.8) is 0 Å². The Labute approximate surface area is 202 Å². The first kappa shape index (κ1) is 22.0. The molecule has 0 bridgehead atoms. The van der Waals surface area contributed by atoms with Crippen LogP contribution in [0.15, 0.2) is 78.2 Å². The highest BCUT2D eigenvalue weighted by molar-refractivity contribution is 7.13. The Balaban J connectivity index is 1.28. The van der Waals surface area contributed by atoms with Crippen molar-refractivity contribution in [3.8, 4) is 27.6 Å². The van der Waals surface area contributed by atoms with Gasteiger partial charge in [0.1, 0.15) is 16.4 Å². The first-order chi connectivity index (χ1) is 16.4.